The first kappa shape index (κ1) is 23.6. The topological polar surface area (TPSA) is 82.9 Å². The Hall–Kier alpha value is -3.11. The van der Waals surface area contributed by atoms with Gasteiger partial charge < -0.3 is 14.4 Å². The van der Waals surface area contributed by atoms with Crippen molar-refractivity contribution in [2.75, 3.05) is 46.4 Å². The predicted molar refractivity (Wildman–Crippen MR) is 121 cm³/mol. The van der Waals surface area contributed by atoms with Gasteiger partial charge in [-0.15, -0.1) is 0 Å². The van der Waals surface area contributed by atoms with Gasteiger partial charge in [0.05, 0.1) is 24.7 Å². The van der Waals surface area contributed by atoms with Crippen LogP contribution in [0.15, 0.2) is 41.0 Å². The number of piperazine rings is 1. The van der Waals surface area contributed by atoms with Crippen LogP contribution in [0, 0.1) is 11.3 Å². The van der Waals surface area contributed by atoms with Gasteiger partial charge in [-0.2, -0.15) is 5.26 Å². The van der Waals surface area contributed by atoms with Crippen molar-refractivity contribution in [1.82, 2.24) is 9.80 Å². The van der Waals surface area contributed by atoms with E-state index >= 15 is 0 Å². The molecule has 2 saturated heterocycles. The molecule has 1 amide bonds. The first-order chi connectivity index (χ1) is 15.5. The Morgan fingerprint density at radius 2 is 2.03 bits per heavy atom. The quantitative estimate of drug-likeness (QED) is 0.482. The number of allylic oxidation sites excluding steroid dienone is 2. The molecule has 2 aliphatic heterocycles. The molecule has 2 aliphatic rings. The average Bonchev–Trinajstić information content (AvgIpc) is 3.19. The van der Waals surface area contributed by atoms with Crippen LogP contribution >= 0.6 is 0 Å². The molecule has 2 fully saturated rings. The molecule has 7 heteroatoms. The van der Waals surface area contributed by atoms with Gasteiger partial charge in [-0.25, -0.2) is 4.79 Å². The summed E-state index contributed by atoms with van der Waals surface area (Å²) in [5, 5.41) is 9.10. The number of carbonyl (C=O) groups is 2. The first-order valence-electron chi connectivity index (χ1n) is 11.1. The van der Waals surface area contributed by atoms with Crippen molar-refractivity contribution in [2.24, 2.45) is 0 Å². The predicted octanol–water partition coefficient (Wildman–Crippen LogP) is 2.85. The number of esters is 1. The summed E-state index contributed by atoms with van der Waals surface area (Å²) in [4.78, 5) is 28.7. The maximum absolute atomic E-state index is 12.7. The van der Waals surface area contributed by atoms with Crippen LogP contribution in [-0.4, -0.2) is 68.1 Å². The van der Waals surface area contributed by atoms with Gasteiger partial charge in [-0.3, -0.25) is 9.69 Å². The maximum Gasteiger partial charge on any atom is 0.338 e. The van der Waals surface area contributed by atoms with Gasteiger partial charge >= 0.3 is 5.97 Å². The summed E-state index contributed by atoms with van der Waals surface area (Å²) in [5.41, 5.74) is 4.28. The monoisotopic (exact) mass is 437 g/mol. The lowest BCUT2D eigenvalue weighted by Gasteiger charge is -2.35. The normalized spacial score (nSPS) is 19.6. The van der Waals surface area contributed by atoms with Crippen molar-refractivity contribution >= 4 is 11.9 Å². The number of hydrogen-bond donors (Lipinski definition) is 0. The van der Waals surface area contributed by atoms with Gasteiger partial charge in [-0.05, 0) is 50.9 Å². The molecule has 7 nitrogen and oxygen atoms in total. The van der Waals surface area contributed by atoms with Gasteiger partial charge in [0, 0.05) is 31.8 Å². The lowest BCUT2D eigenvalue weighted by molar-refractivity contribution is -0.135. The Kier molecular flexibility index (Phi) is 8.07. The number of benzene rings is 1. The Bertz CT molecular complexity index is 966. The zero-order valence-electron chi connectivity index (χ0n) is 19.1. The number of hydrogen-bond acceptors (Lipinski definition) is 6. The number of nitrogens with zero attached hydrogens (tertiary/aromatic N) is 3. The first-order valence-corrected chi connectivity index (χ1v) is 11.1. The highest BCUT2D eigenvalue weighted by Gasteiger charge is 2.25. The molecule has 0 aromatic heterocycles. The summed E-state index contributed by atoms with van der Waals surface area (Å²) in [6.07, 6.45) is 4.09. The van der Waals surface area contributed by atoms with Crippen LogP contribution in [0.25, 0.3) is 0 Å². The van der Waals surface area contributed by atoms with Crippen LogP contribution in [0.2, 0.25) is 0 Å². The van der Waals surface area contributed by atoms with Gasteiger partial charge in [0.25, 0.3) is 0 Å². The van der Waals surface area contributed by atoms with E-state index in [2.05, 4.69) is 17.9 Å². The van der Waals surface area contributed by atoms with Crippen molar-refractivity contribution in [3.05, 3.63) is 52.1 Å². The highest BCUT2D eigenvalue weighted by Crippen LogP contribution is 2.26. The molecule has 170 valence electrons. The third kappa shape index (κ3) is 5.57. The maximum atomic E-state index is 12.7. The molecule has 0 saturated carbocycles. The van der Waals surface area contributed by atoms with Crippen molar-refractivity contribution in [3.8, 4) is 11.8 Å². The van der Waals surface area contributed by atoms with E-state index in [1.807, 2.05) is 24.0 Å². The smallest absolute Gasteiger partial charge is 0.338 e. The minimum absolute atomic E-state index is 0.0989. The minimum Gasteiger partial charge on any atom is -0.495 e. The molecule has 2 heterocycles. The number of amides is 1. The second kappa shape index (κ2) is 11.0. The lowest BCUT2D eigenvalue weighted by atomic mass is 10.00. The fraction of sp³-hybridized carbons (Fsp3) is 0.480. The van der Waals surface area contributed by atoms with Gasteiger partial charge in [0.15, 0.2) is 0 Å². The van der Waals surface area contributed by atoms with E-state index in [-0.39, 0.29) is 11.9 Å². The van der Waals surface area contributed by atoms with Crippen LogP contribution in [0.3, 0.4) is 0 Å². The molecule has 0 bridgehead atoms. The van der Waals surface area contributed by atoms with Crippen LogP contribution in [-0.2, 0) is 20.7 Å². The molecular weight excluding hydrogens is 406 g/mol. The van der Waals surface area contributed by atoms with Gasteiger partial charge in [0.1, 0.15) is 18.4 Å². The van der Waals surface area contributed by atoms with Crippen molar-refractivity contribution in [2.45, 2.75) is 33.1 Å². The fourth-order valence-corrected chi connectivity index (χ4v) is 4.23. The van der Waals surface area contributed by atoms with Crippen molar-refractivity contribution < 1.29 is 19.1 Å². The van der Waals surface area contributed by atoms with E-state index in [0.29, 0.717) is 29.9 Å². The third-order valence-electron chi connectivity index (χ3n) is 6.19. The Morgan fingerprint density at radius 1 is 1.28 bits per heavy atom. The standard InChI is InChI=1S/C25H31N3O4/c1-4-21-22(17-32-25(21)30)18(2)6-5-9-27-10-12-28(13-11-27)24(29)15-19-7-8-20(16-26)23(14-19)31-3/h4,7-8,14H,5-6,9-13,15,17H2,1-3H3/b21-4+,22-18-. The largest absolute Gasteiger partial charge is 0.495 e. The molecule has 1 aromatic rings. The molecule has 0 spiro atoms. The zero-order valence-corrected chi connectivity index (χ0v) is 19.1. The molecule has 3 rings (SSSR count). The van der Waals surface area contributed by atoms with Crippen LogP contribution in [0.1, 0.15) is 37.8 Å². The lowest BCUT2D eigenvalue weighted by Crippen LogP contribution is -2.49. The number of methoxy groups -OCH3 is 1. The van der Waals surface area contributed by atoms with Gasteiger partial charge in [-0.1, -0.05) is 17.7 Å². The SMILES string of the molecule is C/C=C1/C(=O)OC/C1=C(\C)CCCN1CCN(C(=O)Cc2ccc(C#N)c(OC)c2)CC1. The third-order valence-corrected chi connectivity index (χ3v) is 6.19. The summed E-state index contributed by atoms with van der Waals surface area (Å²) in [5.74, 6) is 0.381. The molecule has 0 aliphatic carbocycles. The number of cyclic esters (lactones) is 1. The van der Waals surface area contributed by atoms with Gasteiger partial charge in [0.2, 0.25) is 5.91 Å². The van der Waals surface area contributed by atoms with E-state index in [9.17, 15) is 9.59 Å². The second-order valence-electron chi connectivity index (χ2n) is 8.19. The van der Waals surface area contributed by atoms with Crippen LogP contribution in [0.5, 0.6) is 5.75 Å². The van der Waals surface area contributed by atoms with Crippen LogP contribution < -0.4 is 4.74 Å². The van der Waals surface area contributed by atoms with E-state index in [1.165, 1.54) is 12.7 Å². The molecule has 0 atom stereocenters. The Labute approximate surface area is 189 Å². The summed E-state index contributed by atoms with van der Waals surface area (Å²) in [6, 6.07) is 7.37. The average molecular weight is 438 g/mol. The Morgan fingerprint density at radius 3 is 2.69 bits per heavy atom. The van der Waals surface area contributed by atoms with E-state index in [4.69, 9.17) is 14.7 Å². The highest BCUT2D eigenvalue weighted by atomic mass is 16.5. The summed E-state index contributed by atoms with van der Waals surface area (Å²) in [6.45, 7) is 8.47. The molecular formula is C25H31N3O4. The van der Waals surface area contributed by atoms with Crippen LogP contribution in [0.4, 0.5) is 0 Å². The fourth-order valence-electron chi connectivity index (χ4n) is 4.23. The number of ether oxygens (including phenoxy) is 2. The minimum atomic E-state index is -0.220. The zero-order chi connectivity index (χ0) is 23.1. The number of nitriles is 1. The number of rotatable bonds is 7. The molecule has 32 heavy (non-hydrogen) atoms. The summed E-state index contributed by atoms with van der Waals surface area (Å²) < 4.78 is 10.4. The molecule has 0 unspecified atom stereocenters. The number of carbonyl (C=O) groups excluding carboxylic acids is 2. The van der Waals surface area contributed by atoms with E-state index in [0.717, 1.165) is 56.7 Å². The Balaban J connectivity index is 1.44. The summed E-state index contributed by atoms with van der Waals surface area (Å²) in [7, 11) is 1.53. The van der Waals surface area contributed by atoms with Crippen molar-refractivity contribution in [3.63, 3.8) is 0 Å². The molecule has 0 radical (unpaired) electrons. The second-order valence-corrected chi connectivity index (χ2v) is 8.19. The highest BCUT2D eigenvalue weighted by molar-refractivity contribution is 5.96. The van der Waals surface area contributed by atoms with E-state index in [1.54, 1.807) is 12.1 Å². The van der Waals surface area contributed by atoms with Crippen molar-refractivity contribution in [1.29, 1.82) is 5.26 Å². The molecule has 1 aromatic carbocycles. The van der Waals surface area contributed by atoms with E-state index < -0.39 is 0 Å². The summed E-state index contributed by atoms with van der Waals surface area (Å²) >= 11 is 0. The molecule has 0 N–H and O–H groups in total.